The maximum absolute atomic E-state index is 11.6. The van der Waals surface area contributed by atoms with Crippen molar-refractivity contribution in [1.82, 2.24) is 0 Å². The Morgan fingerprint density at radius 1 is 1.33 bits per heavy atom. The molecule has 0 aliphatic heterocycles. The summed E-state index contributed by atoms with van der Waals surface area (Å²) in [4.78, 5) is 11.4. The summed E-state index contributed by atoms with van der Waals surface area (Å²) in [6.07, 6.45) is -4.74. The fourth-order valence-corrected chi connectivity index (χ4v) is 1.33. The van der Waals surface area contributed by atoms with Gasteiger partial charge < -0.3 is 10.5 Å². The second kappa shape index (κ2) is 5.92. The highest BCUT2D eigenvalue weighted by Gasteiger charge is 2.28. The van der Waals surface area contributed by atoms with Crippen LogP contribution in [0.1, 0.15) is 10.4 Å². The van der Waals surface area contributed by atoms with Gasteiger partial charge in [0.2, 0.25) is 0 Å². The van der Waals surface area contributed by atoms with E-state index in [1.807, 2.05) is 0 Å². The molecule has 0 amide bonds. The summed E-state index contributed by atoms with van der Waals surface area (Å²) in [6.45, 7) is -1.30. The zero-order valence-electron chi connectivity index (χ0n) is 8.96. The lowest BCUT2D eigenvalue weighted by molar-refractivity contribution is -0.326. The second-order valence-corrected chi connectivity index (χ2v) is 3.58. The highest BCUT2D eigenvalue weighted by Crippen LogP contribution is 2.20. The topological polar surface area (TPSA) is 61.6 Å². The van der Waals surface area contributed by atoms with Gasteiger partial charge in [0.05, 0.1) is 17.2 Å². The molecule has 0 atom stereocenters. The number of hydrogen-bond acceptors (Lipinski definition) is 4. The number of carbonyl (C=O) groups is 1. The van der Waals surface area contributed by atoms with Gasteiger partial charge in [-0.15, -0.1) is 13.2 Å². The van der Waals surface area contributed by atoms with Crippen LogP contribution in [0.25, 0.3) is 0 Å². The van der Waals surface area contributed by atoms with Crippen LogP contribution < -0.4 is 5.73 Å². The Labute approximate surface area is 105 Å². The molecule has 4 nitrogen and oxygen atoms in total. The monoisotopic (exact) mass is 283 g/mol. The molecular weight excluding hydrogens is 275 g/mol. The number of ether oxygens (including phenoxy) is 2. The Kier molecular flexibility index (Phi) is 4.80. The first kappa shape index (κ1) is 14.6. The first-order chi connectivity index (χ1) is 8.29. The van der Waals surface area contributed by atoms with E-state index in [2.05, 4.69) is 9.47 Å². The minimum atomic E-state index is -4.74. The molecular formula is C10H9ClF3NO3. The van der Waals surface area contributed by atoms with Crippen LogP contribution in [-0.2, 0) is 9.47 Å². The number of nitrogens with two attached hydrogens (primary N) is 1. The van der Waals surface area contributed by atoms with E-state index in [0.29, 0.717) is 5.69 Å². The molecule has 1 aromatic carbocycles. The first-order valence-corrected chi connectivity index (χ1v) is 5.10. The van der Waals surface area contributed by atoms with Crippen LogP contribution in [0.4, 0.5) is 18.9 Å². The highest BCUT2D eigenvalue weighted by atomic mass is 35.5. The summed E-state index contributed by atoms with van der Waals surface area (Å²) >= 11 is 5.72. The van der Waals surface area contributed by atoms with Crippen molar-refractivity contribution in [2.75, 3.05) is 18.9 Å². The van der Waals surface area contributed by atoms with E-state index in [1.165, 1.54) is 18.2 Å². The minimum Gasteiger partial charge on any atom is -0.460 e. The second-order valence-electron chi connectivity index (χ2n) is 3.17. The zero-order valence-corrected chi connectivity index (χ0v) is 9.72. The van der Waals surface area contributed by atoms with Gasteiger partial charge >= 0.3 is 12.3 Å². The van der Waals surface area contributed by atoms with E-state index < -0.39 is 25.5 Å². The Hall–Kier alpha value is -1.47. The van der Waals surface area contributed by atoms with Crippen LogP contribution in [0, 0.1) is 0 Å². The van der Waals surface area contributed by atoms with Crippen molar-refractivity contribution in [3.05, 3.63) is 28.8 Å². The van der Waals surface area contributed by atoms with Gasteiger partial charge in [-0.2, -0.15) is 0 Å². The smallest absolute Gasteiger partial charge is 0.460 e. The standard InChI is InChI=1S/C10H9ClF3NO3/c11-8-5-6(15)1-2-7(8)9(16)17-3-4-18-10(12,13)14/h1-2,5H,3-4,15H2. The fraction of sp³-hybridized carbons (Fsp3) is 0.300. The molecule has 0 unspecified atom stereocenters. The Bertz CT molecular complexity index is 437. The molecule has 8 heteroatoms. The van der Waals surface area contributed by atoms with E-state index in [4.69, 9.17) is 17.3 Å². The number of hydrogen-bond donors (Lipinski definition) is 1. The molecule has 1 rings (SSSR count). The summed E-state index contributed by atoms with van der Waals surface area (Å²) in [5.41, 5.74) is 5.80. The molecule has 0 fully saturated rings. The number of esters is 1. The quantitative estimate of drug-likeness (QED) is 0.524. The average Bonchev–Trinajstić information content (AvgIpc) is 2.22. The van der Waals surface area contributed by atoms with Crippen LogP contribution in [0.15, 0.2) is 18.2 Å². The summed E-state index contributed by atoms with van der Waals surface area (Å²) in [5.74, 6) is -0.842. The largest absolute Gasteiger partial charge is 0.522 e. The van der Waals surface area contributed by atoms with Crippen molar-refractivity contribution in [1.29, 1.82) is 0 Å². The van der Waals surface area contributed by atoms with Crippen molar-refractivity contribution in [3.63, 3.8) is 0 Å². The maximum Gasteiger partial charge on any atom is 0.522 e. The molecule has 2 N–H and O–H groups in total. The maximum atomic E-state index is 11.6. The SMILES string of the molecule is Nc1ccc(C(=O)OCCOC(F)(F)F)c(Cl)c1. The highest BCUT2D eigenvalue weighted by molar-refractivity contribution is 6.33. The third-order valence-electron chi connectivity index (χ3n) is 1.80. The number of carbonyl (C=O) groups excluding carboxylic acids is 1. The summed E-state index contributed by atoms with van der Waals surface area (Å²) in [6, 6.07) is 4.09. The fourth-order valence-electron chi connectivity index (χ4n) is 1.07. The summed E-state index contributed by atoms with van der Waals surface area (Å²) in [5, 5.41) is 0.0664. The van der Waals surface area contributed by atoms with Gasteiger partial charge in [0.1, 0.15) is 6.61 Å². The Morgan fingerprint density at radius 2 is 2.00 bits per heavy atom. The van der Waals surface area contributed by atoms with Gasteiger partial charge in [-0.3, -0.25) is 4.74 Å². The van der Waals surface area contributed by atoms with E-state index >= 15 is 0 Å². The summed E-state index contributed by atoms with van der Waals surface area (Å²) < 4.78 is 42.8. The van der Waals surface area contributed by atoms with Gasteiger partial charge in [-0.25, -0.2) is 4.79 Å². The van der Waals surface area contributed by atoms with Crippen molar-refractivity contribution < 1.29 is 27.4 Å². The molecule has 0 aromatic heterocycles. The summed E-state index contributed by atoms with van der Waals surface area (Å²) in [7, 11) is 0. The molecule has 0 aliphatic carbocycles. The predicted molar refractivity (Wildman–Crippen MR) is 58.2 cm³/mol. The molecule has 0 bridgehead atoms. The number of halogens is 4. The normalized spacial score (nSPS) is 11.3. The third kappa shape index (κ3) is 4.80. The molecule has 100 valence electrons. The number of alkyl halides is 3. The molecule has 0 saturated carbocycles. The lowest BCUT2D eigenvalue weighted by Crippen LogP contribution is -2.18. The number of benzene rings is 1. The molecule has 0 saturated heterocycles. The van der Waals surface area contributed by atoms with Gasteiger partial charge in [-0.05, 0) is 18.2 Å². The molecule has 18 heavy (non-hydrogen) atoms. The van der Waals surface area contributed by atoms with Crippen molar-refractivity contribution in [2.24, 2.45) is 0 Å². The lowest BCUT2D eigenvalue weighted by Gasteiger charge is -2.09. The third-order valence-corrected chi connectivity index (χ3v) is 2.11. The van der Waals surface area contributed by atoms with E-state index in [9.17, 15) is 18.0 Å². The molecule has 0 radical (unpaired) electrons. The molecule has 0 spiro atoms. The van der Waals surface area contributed by atoms with Gasteiger partial charge in [-0.1, -0.05) is 11.6 Å². The number of anilines is 1. The minimum absolute atomic E-state index is 0.0258. The van der Waals surface area contributed by atoms with Crippen molar-refractivity contribution >= 4 is 23.3 Å². The van der Waals surface area contributed by atoms with Crippen LogP contribution in [0.2, 0.25) is 5.02 Å². The lowest BCUT2D eigenvalue weighted by atomic mass is 10.2. The first-order valence-electron chi connectivity index (χ1n) is 4.72. The molecule has 0 heterocycles. The van der Waals surface area contributed by atoms with Crippen LogP contribution in [0.5, 0.6) is 0 Å². The van der Waals surface area contributed by atoms with Gasteiger partial charge in [0, 0.05) is 5.69 Å². The van der Waals surface area contributed by atoms with Crippen molar-refractivity contribution in [3.8, 4) is 0 Å². The van der Waals surface area contributed by atoms with Crippen LogP contribution in [0.3, 0.4) is 0 Å². The van der Waals surface area contributed by atoms with Crippen LogP contribution in [-0.4, -0.2) is 25.5 Å². The number of rotatable bonds is 4. The van der Waals surface area contributed by atoms with E-state index in [1.54, 1.807) is 0 Å². The Morgan fingerprint density at radius 3 is 2.56 bits per heavy atom. The number of nitrogen functional groups attached to an aromatic ring is 1. The van der Waals surface area contributed by atoms with Crippen LogP contribution >= 0.6 is 11.6 Å². The zero-order chi connectivity index (χ0) is 13.8. The molecule has 0 aliphatic rings. The average molecular weight is 284 g/mol. The van der Waals surface area contributed by atoms with E-state index in [0.717, 1.165) is 0 Å². The Balaban J connectivity index is 2.46. The van der Waals surface area contributed by atoms with E-state index in [-0.39, 0.29) is 10.6 Å². The van der Waals surface area contributed by atoms with Crippen molar-refractivity contribution in [2.45, 2.75) is 6.36 Å². The van der Waals surface area contributed by atoms with Gasteiger partial charge in [0.25, 0.3) is 0 Å². The molecule has 1 aromatic rings. The van der Waals surface area contributed by atoms with Gasteiger partial charge in [0.15, 0.2) is 0 Å². The predicted octanol–water partition coefficient (Wildman–Crippen LogP) is 2.62.